The highest BCUT2D eigenvalue weighted by atomic mass is 16.2. The molecule has 2 amide bonds. The lowest BCUT2D eigenvalue weighted by Crippen LogP contribution is -2.47. The molecule has 0 radical (unpaired) electrons. The second kappa shape index (κ2) is 11.1. The predicted octanol–water partition coefficient (Wildman–Crippen LogP) is 3.41. The smallest absolute Gasteiger partial charge is 0.251 e. The standard InChI is InChI=1S/C26H29N3O2/c1-29(2)19-22-15-13-21(14-16-22)18-27-26(31)24(17-20-9-5-3-6-10-20)28-25(30)23-11-7-4-8-12-23/h3-16,24H,17-19H2,1-2H3,(H,27,31)(H,28,30)/t24-/m1/s1. The maximum atomic E-state index is 13.0. The largest absolute Gasteiger partial charge is 0.350 e. The van der Waals surface area contributed by atoms with Crippen molar-refractivity contribution in [1.29, 1.82) is 0 Å². The van der Waals surface area contributed by atoms with E-state index < -0.39 is 6.04 Å². The van der Waals surface area contributed by atoms with Gasteiger partial charge in [0.1, 0.15) is 6.04 Å². The molecule has 0 unspecified atom stereocenters. The van der Waals surface area contributed by atoms with E-state index in [-0.39, 0.29) is 11.8 Å². The van der Waals surface area contributed by atoms with Crippen molar-refractivity contribution >= 4 is 11.8 Å². The number of carbonyl (C=O) groups excluding carboxylic acids is 2. The summed E-state index contributed by atoms with van der Waals surface area (Å²) < 4.78 is 0. The van der Waals surface area contributed by atoms with Gasteiger partial charge in [-0.1, -0.05) is 72.8 Å². The Kier molecular flexibility index (Phi) is 7.96. The quantitative estimate of drug-likeness (QED) is 0.563. The van der Waals surface area contributed by atoms with Gasteiger partial charge in [0.05, 0.1) is 0 Å². The first-order valence-corrected chi connectivity index (χ1v) is 10.4. The molecule has 0 saturated carbocycles. The van der Waals surface area contributed by atoms with Gasteiger partial charge in [-0.2, -0.15) is 0 Å². The number of benzene rings is 3. The lowest BCUT2D eigenvalue weighted by molar-refractivity contribution is -0.123. The minimum atomic E-state index is -0.664. The fraction of sp³-hybridized carbons (Fsp3) is 0.231. The molecule has 0 saturated heterocycles. The van der Waals surface area contributed by atoms with Crippen molar-refractivity contribution in [3.8, 4) is 0 Å². The zero-order valence-corrected chi connectivity index (χ0v) is 18.0. The van der Waals surface area contributed by atoms with Crippen LogP contribution in [-0.2, 0) is 24.3 Å². The van der Waals surface area contributed by atoms with Crippen molar-refractivity contribution < 1.29 is 9.59 Å². The first kappa shape index (κ1) is 22.2. The Morgan fingerprint density at radius 1 is 0.774 bits per heavy atom. The Labute approximate surface area is 184 Å². The molecule has 2 N–H and O–H groups in total. The second-order valence-corrected chi connectivity index (χ2v) is 7.85. The average molecular weight is 416 g/mol. The minimum Gasteiger partial charge on any atom is -0.350 e. The SMILES string of the molecule is CN(C)Cc1ccc(CNC(=O)[C@@H](Cc2ccccc2)NC(=O)c2ccccc2)cc1. The molecule has 31 heavy (non-hydrogen) atoms. The number of hydrogen-bond donors (Lipinski definition) is 2. The van der Waals surface area contributed by atoms with E-state index in [1.54, 1.807) is 24.3 Å². The molecule has 0 aliphatic heterocycles. The van der Waals surface area contributed by atoms with Gasteiger partial charge in [-0.3, -0.25) is 9.59 Å². The molecule has 160 valence electrons. The van der Waals surface area contributed by atoms with Crippen molar-refractivity contribution in [2.24, 2.45) is 0 Å². The van der Waals surface area contributed by atoms with Gasteiger partial charge in [-0.15, -0.1) is 0 Å². The molecule has 0 aliphatic carbocycles. The maximum absolute atomic E-state index is 13.0. The summed E-state index contributed by atoms with van der Waals surface area (Å²) >= 11 is 0. The van der Waals surface area contributed by atoms with Crippen LogP contribution in [0.25, 0.3) is 0 Å². The third kappa shape index (κ3) is 7.08. The normalized spacial score (nSPS) is 11.7. The summed E-state index contributed by atoms with van der Waals surface area (Å²) in [5, 5.41) is 5.86. The van der Waals surface area contributed by atoms with Gasteiger partial charge in [0.15, 0.2) is 0 Å². The van der Waals surface area contributed by atoms with Crippen LogP contribution in [0.1, 0.15) is 27.0 Å². The van der Waals surface area contributed by atoms with E-state index in [2.05, 4.69) is 27.7 Å². The summed E-state index contributed by atoms with van der Waals surface area (Å²) in [5.41, 5.74) is 3.76. The zero-order valence-electron chi connectivity index (χ0n) is 18.0. The van der Waals surface area contributed by atoms with E-state index >= 15 is 0 Å². The molecule has 0 aliphatic rings. The third-order valence-corrected chi connectivity index (χ3v) is 4.93. The lowest BCUT2D eigenvalue weighted by Gasteiger charge is -2.19. The number of rotatable bonds is 9. The minimum absolute atomic E-state index is 0.203. The van der Waals surface area contributed by atoms with Crippen LogP contribution in [0.5, 0.6) is 0 Å². The van der Waals surface area contributed by atoms with E-state index in [4.69, 9.17) is 0 Å². The van der Waals surface area contributed by atoms with Gasteiger partial charge in [0.25, 0.3) is 5.91 Å². The Morgan fingerprint density at radius 3 is 1.97 bits per heavy atom. The molecule has 1 atom stereocenters. The van der Waals surface area contributed by atoms with Crippen molar-refractivity contribution in [3.05, 3.63) is 107 Å². The van der Waals surface area contributed by atoms with Gasteiger partial charge in [0.2, 0.25) is 5.91 Å². The second-order valence-electron chi connectivity index (χ2n) is 7.85. The highest BCUT2D eigenvalue weighted by Crippen LogP contribution is 2.08. The highest BCUT2D eigenvalue weighted by molar-refractivity contribution is 5.97. The Hall–Kier alpha value is -3.44. The summed E-state index contributed by atoms with van der Waals surface area (Å²) in [6, 6.07) is 26.2. The molecule has 0 fully saturated rings. The lowest BCUT2D eigenvalue weighted by atomic mass is 10.0. The molecular weight excluding hydrogens is 386 g/mol. The Morgan fingerprint density at radius 2 is 1.35 bits per heavy atom. The van der Waals surface area contributed by atoms with Crippen LogP contribution in [0.2, 0.25) is 0 Å². The molecule has 5 nitrogen and oxygen atoms in total. The van der Waals surface area contributed by atoms with Crippen molar-refractivity contribution in [2.45, 2.75) is 25.6 Å². The van der Waals surface area contributed by atoms with Crippen LogP contribution >= 0.6 is 0 Å². The highest BCUT2D eigenvalue weighted by Gasteiger charge is 2.21. The van der Waals surface area contributed by atoms with Crippen LogP contribution in [-0.4, -0.2) is 36.9 Å². The fourth-order valence-electron chi connectivity index (χ4n) is 3.33. The fourth-order valence-corrected chi connectivity index (χ4v) is 3.33. The summed E-state index contributed by atoms with van der Waals surface area (Å²) in [6.45, 7) is 1.28. The molecule has 0 spiro atoms. The molecule has 3 aromatic rings. The first-order valence-electron chi connectivity index (χ1n) is 10.4. The Bertz CT molecular complexity index is 971. The maximum Gasteiger partial charge on any atom is 0.251 e. The number of nitrogens with zero attached hydrogens (tertiary/aromatic N) is 1. The van der Waals surface area contributed by atoms with Crippen LogP contribution in [0.3, 0.4) is 0 Å². The van der Waals surface area contributed by atoms with Crippen molar-refractivity contribution in [2.75, 3.05) is 14.1 Å². The van der Waals surface area contributed by atoms with Crippen molar-refractivity contribution in [1.82, 2.24) is 15.5 Å². The number of hydrogen-bond acceptors (Lipinski definition) is 3. The van der Waals surface area contributed by atoms with E-state index in [1.807, 2.05) is 62.6 Å². The molecule has 0 bridgehead atoms. The van der Waals surface area contributed by atoms with Gasteiger partial charge in [-0.05, 0) is 42.9 Å². The van der Waals surface area contributed by atoms with Crippen LogP contribution in [0.15, 0.2) is 84.9 Å². The topological polar surface area (TPSA) is 61.4 Å². The van der Waals surface area contributed by atoms with E-state index in [9.17, 15) is 9.59 Å². The van der Waals surface area contributed by atoms with E-state index in [1.165, 1.54) is 5.56 Å². The van der Waals surface area contributed by atoms with Gasteiger partial charge >= 0.3 is 0 Å². The number of nitrogens with one attached hydrogen (secondary N) is 2. The van der Waals surface area contributed by atoms with Crippen molar-refractivity contribution in [3.63, 3.8) is 0 Å². The monoisotopic (exact) mass is 415 g/mol. The van der Waals surface area contributed by atoms with E-state index in [0.29, 0.717) is 18.5 Å². The predicted molar refractivity (Wildman–Crippen MR) is 124 cm³/mol. The summed E-state index contributed by atoms with van der Waals surface area (Å²) in [6.07, 6.45) is 0.424. The van der Waals surface area contributed by atoms with Crippen LogP contribution in [0, 0.1) is 0 Å². The third-order valence-electron chi connectivity index (χ3n) is 4.93. The van der Waals surface area contributed by atoms with Gasteiger partial charge in [-0.25, -0.2) is 0 Å². The molecule has 3 aromatic carbocycles. The van der Waals surface area contributed by atoms with E-state index in [0.717, 1.165) is 17.7 Å². The first-order chi connectivity index (χ1) is 15.0. The summed E-state index contributed by atoms with van der Waals surface area (Å²) in [7, 11) is 4.06. The van der Waals surface area contributed by atoms with Crippen LogP contribution in [0.4, 0.5) is 0 Å². The zero-order chi connectivity index (χ0) is 22.1. The molecule has 3 rings (SSSR count). The number of amides is 2. The summed E-state index contributed by atoms with van der Waals surface area (Å²) in [5.74, 6) is -0.463. The van der Waals surface area contributed by atoms with Gasteiger partial charge in [0, 0.05) is 25.1 Å². The molecular formula is C26H29N3O2. The molecule has 0 heterocycles. The van der Waals surface area contributed by atoms with Gasteiger partial charge < -0.3 is 15.5 Å². The molecule has 0 aromatic heterocycles. The summed E-state index contributed by atoms with van der Waals surface area (Å²) in [4.78, 5) is 27.7. The Balaban J connectivity index is 1.66. The van der Waals surface area contributed by atoms with Crippen LogP contribution < -0.4 is 10.6 Å². The average Bonchev–Trinajstić information content (AvgIpc) is 2.79. The number of carbonyl (C=O) groups is 2. The molecule has 5 heteroatoms.